The fourth-order valence-corrected chi connectivity index (χ4v) is 2.97. The van der Waals surface area contributed by atoms with Crippen molar-refractivity contribution in [2.45, 2.75) is 25.7 Å². The predicted molar refractivity (Wildman–Crippen MR) is 80.4 cm³/mol. The largest absolute Gasteiger partial charge is 0.481 e. The molecular weight excluding hydrogens is 268 g/mol. The number of piperidine rings is 1. The zero-order valence-electron chi connectivity index (χ0n) is 11.9. The Bertz CT molecular complexity index is 552. The molecule has 0 bridgehead atoms. The minimum atomic E-state index is -0.875. The SMILES string of the molecule is O=C(O)C1CC1C(=O)Nc1ccccc1N1CCCCC1. The molecule has 0 aromatic heterocycles. The summed E-state index contributed by atoms with van der Waals surface area (Å²) in [4.78, 5) is 25.3. The molecule has 1 amide bonds. The number of anilines is 2. The first kappa shape index (κ1) is 13.9. The maximum atomic E-state index is 12.1. The molecule has 1 saturated carbocycles. The minimum Gasteiger partial charge on any atom is -0.481 e. The fourth-order valence-electron chi connectivity index (χ4n) is 2.97. The lowest BCUT2D eigenvalue weighted by atomic mass is 10.1. The van der Waals surface area contributed by atoms with E-state index in [1.54, 1.807) is 0 Å². The van der Waals surface area contributed by atoms with Crippen LogP contribution in [-0.2, 0) is 9.59 Å². The average molecular weight is 288 g/mol. The van der Waals surface area contributed by atoms with E-state index in [0.29, 0.717) is 6.42 Å². The van der Waals surface area contributed by atoms with E-state index in [-0.39, 0.29) is 11.8 Å². The molecule has 112 valence electrons. The zero-order chi connectivity index (χ0) is 14.8. The Morgan fingerprint density at radius 2 is 1.81 bits per heavy atom. The Kier molecular flexibility index (Phi) is 3.82. The second kappa shape index (κ2) is 5.76. The first-order valence-corrected chi connectivity index (χ1v) is 7.54. The van der Waals surface area contributed by atoms with Gasteiger partial charge in [-0.2, -0.15) is 0 Å². The van der Waals surface area contributed by atoms with Crippen LogP contribution in [0.5, 0.6) is 0 Å². The Balaban J connectivity index is 1.70. The average Bonchev–Trinajstić information content (AvgIpc) is 3.29. The van der Waals surface area contributed by atoms with Crippen LogP contribution >= 0.6 is 0 Å². The topological polar surface area (TPSA) is 69.6 Å². The quantitative estimate of drug-likeness (QED) is 0.892. The van der Waals surface area contributed by atoms with Crippen LogP contribution in [0.3, 0.4) is 0 Å². The molecule has 1 aliphatic heterocycles. The number of carbonyl (C=O) groups is 2. The summed E-state index contributed by atoms with van der Waals surface area (Å²) in [7, 11) is 0. The first-order chi connectivity index (χ1) is 10.2. The molecule has 1 saturated heterocycles. The lowest BCUT2D eigenvalue weighted by molar-refractivity contribution is -0.139. The molecule has 21 heavy (non-hydrogen) atoms. The third-order valence-electron chi connectivity index (χ3n) is 4.30. The molecule has 1 heterocycles. The van der Waals surface area contributed by atoms with Crippen LogP contribution in [0.25, 0.3) is 0 Å². The summed E-state index contributed by atoms with van der Waals surface area (Å²) >= 11 is 0. The molecule has 0 spiro atoms. The van der Waals surface area contributed by atoms with Gasteiger partial charge in [-0.3, -0.25) is 9.59 Å². The zero-order valence-corrected chi connectivity index (χ0v) is 11.9. The first-order valence-electron chi connectivity index (χ1n) is 7.54. The van der Waals surface area contributed by atoms with Gasteiger partial charge in [-0.15, -0.1) is 0 Å². The summed E-state index contributed by atoms with van der Waals surface area (Å²) in [5.74, 6) is -1.93. The summed E-state index contributed by atoms with van der Waals surface area (Å²) in [6, 6.07) is 7.77. The van der Waals surface area contributed by atoms with Crippen LogP contribution in [0.4, 0.5) is 11.4 Å². The Morgan fingerprint density at radius 1 is 1.10 bits per heavy atom. The van der Waals surface area contributed by atoms with Crippen molar-refractivity contribution >= 4 is 23.3 Å². The molecule has 2 aliphatic rings. The Hall–Kier alpha value is -2.04. The second-order valence-corrected chi connectivity index (χ2v) is 5.84. The number of aliphatic carboxylic acids is 1. The highest BCUT2D eigenvalue weighted by Crippen LogP contribution is 2.40. The third kappa shape index (κ3) is 3.01. The van der Waals surface area contributed by atoms with Gasteiger partial charge >= 0.3 is 5.97 Å². The van der Waals surface area contributed by atoms with Crippen molar-refractivity contribution in [1.82, 2.24) is 0 Å². The van der Waals surface area contributed by atoms with Gasteiger partial charge in [0.15, 0.2) is 0 Å². The van der Waals surface area contributed by atoms with Gasteiger partial charge in [0.25, 0.3) is 0 Å². The molecule has 1 aliphatic carbocycles. The molecule has 3 rings (SSSR count). The van der Waals surface area contributed by atoms with E-state index in [4.69, 9.17) is 5.11 Å². The monoisotopic (exact) mass is 288 g/mol. The third-order valence-corrected chi connectivity index (χ3v) is 4.30. The number of para-hydroxylation sites is 2. The number of carbonyl (C=O) groups excluding carboxylic acids is 1. The van der Waals surface area contributed by atoms with Gasteiger partial charge < -0.3 is 15.3 Å². The number of amides is 1. The molecule has 2 fully saturated rings. The van der Waals surface area contributed by atoms with Crippen LogP contribution in [-0.4, -0.2) is 30.1 Å². The lowest BCUT2D eigenvalue weighted by Gasteiger charge is -2.30. The maximum Gasteiger partial charge on any atom is 0.307 e. The van der Waals surface area contributed by atoms with E-state index in [2.05, 4.69) is 10.2 Å². The Labute approximate surface area is 123 Å². The van der Waals surface area contributed by atoms with Gasteiger partial charge in [-0.1, -0.05) is 12.1 Å². The van der Waals surface area contributed by atoms with Crippen molar-refractivity contribution in [2.75, 3.05) is 23.3 Å². The molecular formula is C16H20N2O3. The molecule has 5 heteroatoms. The van der Waals surface area contributed by atoms with Gasteiger partial charge in [-0.25, -0.2) is 0 Å². The summed E-state index contributed by atoms with van der Waals surface area (Å²) in [5.41, 5.74) is 1.83. The molecule has 2 unspecified atom stereocenters. The van der Waals surface area contributed by atoms with Gasteiger partial charge in [-0.05, 0) is 37.8 Å². The minimum absolute atomic E-state index is 0.174. The highest BCUT2D eigenvalue weighted by molar-refractivity contribution is 6.00. The molecule has 1 aromatic rings. The van der Waals surface area contributed by atoms with E-state index in [1.807, 2.05) is 24.3 Å². The van der Waals surface area contributed by atoms with E-state index in [9.17, 15) is 9.59 Å². The van der Waals surface area contributed by atoms with E-state index < -0.39 is 11.9 Å². The van der Waals surface area contributed by atoms with Gasteiger partial charge in [0.1, 0.15) is 0 Å². The van der Waals surface area contributed by atoms with Gasteiger partial charge in [0.2, 0.25) is 5.91 Å². The molecule has 5 nitrogen and oxygen atoms in total. The van der Waals surface area contributed by atoms with Crippen LogP contribution in [0.1, 0.15) is 25.7 Å². The number of hydrogen-bond donors (Lipinski definition) is 2. The van der Waals surface area contributed by atoms with Crippen molar-refractivity contribution in [3.8, 4) is 0 Å². The highest BCUT2D eigenvalue weighted by atomic mass is 16.4. The standard InChI is InChI=1S/C16H20N2O3/c19-15(11-10-12(11)16(20)21)17-13-6-2-3-7-14(13)18-8-4-1-5-9-18/h2-3,6-7,11-12H,1,4-5,8-10H2,(H,17,19)(H,20,21). The summed E-state index contributed by atoms with van der Waals surface area (Å²) in [6.07, 6.45) is 4.05. The highest BCUT2D eigenvalue weighted by Gasteiger charge is 2.48. The number of rotatable bonds is 4. The van der Waals surface area contributed by atoms with Gasteiger partial charge in [0, 0.05) is 13.1 Å². The molecule has 2 N–H and O–H groups in total. The summed E-state index contributed by atoms with van der Waals surface area (Å²) in [5, 5.41) is 11.8. The van der Waals surface area contributed by atoms with E-state index in [1.165, 1.54) is 19.3 Å². The van der Waals surface area contributed by atoms with Crippen LogP contribution in [0, 0.1) is 11.8 Å². The molecule has 1 aromatic carbocycles. The molecule has 0 radical (unpaired) electrons. The predicted octanol–water partition coefficient (Wildman–Crippen LogP) is 2.34. The number of carboxylic acids is 1. The number of benzene rings is 1. The summed E-state index contributed by atoms with van der Waals surface area (Å²) in [6.45, 7) is 2.02. The fraction of sp³-hybridized carbons (Fsp3) is 0.500. The number of hydrogen-bond acceptors (Lipinski definition) is 3. The number of nitrogens with zero attached hydrogens (tertiary/aromatic N) is 1. The maximum absolute atomic E-state index is 12.1. The van der Waals surface area contributed by atoms with Crippen molar-refractivity contribution < 1.29 is 14.7 Å². The van der Waals surface area contributed by atoms with Crippen molar-refractivity contribution in [3.05, 3.63) is 24.3 Å². The normalized spacial score (nSPS) is 24.5. The number of nitrogens with one attached hydrogen (secondary N) is 1. The Morgan fingerprint density at radius 3 is 2.48 bits per heavy atom. The number of carboxylic acid groups (broad SMARTS) is 1. The second-order valence-electron chi connectivity index (χ2n) is 5.84. The summed E-state index contributed by atoms with van der Waals surface area (Å²) < 4.78 is 0. The molecule has 2 atom stereocenters. The van der Waals surface area contributed by atoms with Crippen LogP contribution < -0.4 is 10.2 Å². The van der Waals surface area contributed by atoms with Crippen molar-refractivity contribution in [2.24, 2.45) is 11.8 Å². The van der Waals surface area contributed by atoms with Crippen LogP contribution in [0.2, 0.25) is 0 Å². The lowest BCUT2D eigenvalue weighted by Crippen LogP contribution is -2.30. The van der Waals surface area contributed by atoms with Crippen molar-refractivity contribution in [1.29, 1.82) is 0 Å². The smallest absolute Gasteiger partial charge is 0.307 e. The van der Waals surface area contributed by atoms with Gasteiger partial charge in [0.05, 0.1) is 23.2 Å². The van der Waals surface area contributed by atoms with Crippen LogP contribution in [0.15, 0.2) is 24.3 Å². The van der Waals surface area contributed by atoms with Crippen molar-refractivity contribution in [3.63, 3.8) is 0 Å². The van der Waals surface area contributed by atoms with E-state index in [0.717, 1.165) is 24.5 Å². The van der Waals surface area contributed by atoms with E-state index >= 15 is 0 Å².